The molecule has 0 aromatic rings. The van der Waals surface area contributed by atoms with Crippen LogP contribution in [0.5, 0.6) is 0 Å². The van der Waals surface area contributed by atoms with E-state index >= 15 is 0 Å². The van der Waals surface area contributed by atoms with Gasteiger partial charge < -0.3 is 4.74 Å². The number of hydrogen-bond donors (Lipinski definition) is 0. The van der Waals surface area contributed by atoms with E-state index in [1.807, 2.05) is 6.92 Å². The van der Waals surface area contributed by atoms with Gasteiger partial charge in [-0.25, -0.2) is 0 Å². The third-order valence-corrected chi connectivity index (χ3v) is 3.02. The van der Waals surface area contributed by atoms with Gasteiger partial charge >= 0.3 is 5.97 Å². The van der Waals surface area contributed by atoms with Gasteiger partial charge in [0.1, 0.15) is 0 Å². The summed E-state index contributed by atoms with van der Waals surface area (Å²) >= 11 is 0. The Balaban J connectivity index is 2.60. The number of nitrogens with zero attached hydrogens (tertiary/aromatic N) is 3. The number of ether oxygens (including phenoxy) is 1. The number of esters is 1. The molecule has 0 radical (unpaired) electrons. The van der Waals surface area contributed by atoms with E-state index in [-0.39, 0.29) is 11.4 Å². The molecule has 1 aliphatic rings. The maximum Gasteiger partial charge on any atom is 0.312 e. The summed E-state index contributed by atoms with van der Waals surface area (Å²) in [6, 6.07) is 0. The first-order valence-corrected chi connectivity index (χ1v) is 5.43. The Hall–Kier alpha value is -1.22. The Morgan fingerprint density at radius 1 is 1.53 bits per heavy atom. The molecule has 0 bridgehead atoms. The van der Waals surface area contributed by atoms with Gasteiger partial charge in [0.15, 0.2) is 0 Å². The molecule has 0 N–H and O–H groups in total. The maximum atomic E-state index is 11.8. The number of rotatable bonds is 5. The summed E-state index contributed by atoms with van der Waals surface area (Å²) in [5.41, 5.74) is 7.84. The van der Waals surface area contributed by atoms with Crippen molar-refractivity contribution >= 4 is 5.97 Å². The Bertz CT molecular complexity index is 266. The van der Waals surface area contributed by atoms with E-state index in [1.54, 1.807) is 0 Å². The van der Waals surface area contributed by atoms with Crippen LogP contribution in [-0.2, 0) is 9.53 Å². The van der Waals surface area contributed by atoms with E-state index in [2.05, 4.69) is 10.0 Å². The minimum Gasteiger partial charge on any atom is -0.466 e. The number of carbonyl (C=O) groups is 1. The Kier molecular flexibility index (Phi) is 4.43. The van der Waals surface area contributed by atoms with Crippen LogP contribution in [-0.4, -0.2) is 19.1 Å². The van der Waals surface area contributed by atoms with Crippen LogP contribution < -0.4 is 0 Å². The average Bonchev–Trinajstić information content (AvgIpc) is 2.69. The second kappa shape index (κ2) is 5.61. The third kappa shape index (κ3) is 2.86. The number of azide groups is 1. The summed E-state index contributed by atoms with van der Waals surface area (Å²) in [7, 11) is 0. The van der Waals surface area contributed by atoms with Crippen molar-refractivity contribution in [3.63, 3.8) is 0 Å². The highest BCUT2D eigenvalue weighted by atomic mass is 16.5. The molecular formula is C10H17N3O2. The van der Waals surface area contributed by atoms with Gasteiger partial charge in [0.05, 0.1) is 12.0 Å². The summed E-state index contributed by atoms with van der Waals surface area (Å²) < 4.78 is 5.09. The zero-order valence-corrected chi connectivity index (χ0v) is 9.11. The molecule has 0 aromatic carbocycles. The van der Waals surface area contributed by atoms with Crippen LogP contribution in [0.1, 0.15) is 39.0 Å². The molecule has 15 heavy (non-hydrogen) atoms. The van der Waals surface area contributed by atoms with Crippen LogP contribution in [0.2, 0.25) is 0 Å². The third-order valence-electron chi connectivity index (χ3n) is 3.02. The molecule has 1 saturated carbocycles. The second-order valence-electron chi connectivity index (χ2n) is 3.91. The van der Waals surface area contributed by atoms with Gasteiger partial charge in [0, 0.05) is 11.5 Å². The normalized spacial score (nSPS) is 18.2. The predicted molar refractivity (Wildman–Crippen MR) is 56.2 cm³/mol. The van der Waals surface area contributed by atoms with Gasteiger partial charge in [-0.3, -0.25) is 4.79 Å². The van der Waals surface area contributed by atoms with Gasteiger partial charge in [-0.15, -0.1) is 0 Å². The molecule has 0 unspecified atom stereocenters. The van der Waals surface area contributed by atoms with Crippen LogP contribution >= 0.6 is 0 Å². The molecule has 84 valence electrons. The van der Waals surface area contributed by atoms with E-state index in [9.17, 15) is 4.79 Å². The first-order chi connectivity index (χ1) is 7.25. The fraction of sp³-hybridized carbons (Fsp3) is 0.900. The fourth-order valence-corrected chi connectivity index (χ4v) is 2.20. The maximum absolute atomic E-state index is 11.8. The van der Waals surface area contributed by atoms with E-state index in [4.69, 9.17) is 10.3 Å². The van der Waals surface area contributed by atoms with Gasteiger partial charge in [0.25, 0.3) is 0 Å². The standard InChI is InChI=1S/C10H17N3O2/c1-2-15-9(14)10(5-3-4-6-10)7-8-12-13-11/h2-8H2,1H3. The quantitative estimate of drug-likeness (QED) is 0.303. The molecule has 0 amide bonds. The number of hydrogen-bond acceptors (Lipinski definition) is 3. The highest BCUT2D eigenvalue weighted by molar-refractivity contribution is 5.77. The first-order valence-electron chi connectivity index (χ1n) is 5.43. The van der Waals surface area contributed by atoms with Crippen LogP contribution in [0.3, 0.4) is 0 Å². The van der Waals surface area contributed by atoms with Gasteiger partial charge in [0.2, 0.25) is 0 Å². The molecule has 0 heterocycles. The second-order valence-corrected chi connectivity index (χ2v) is 3.91. The predicted octanol–water partition coefficient (Wildman–Crippen LogP) is 2.81. The first kappa shape index (κ1) is 11.9. The molecule has 0 saturated heterocycles. The zero-order chi connectivity index (χ0) is 11.1. The summed E-state index contributed by atoms with van der Waals surface area (Å²) in [6.07, 6.45) is 4.49. The summed E-state index contributed by atoms with van der Waals surface area (Å²) in [6.45, 7) is 2.62. The van der Waals surface area contributed by atoms with Crippen molar-refractivity contribution in [2.45, 2.75) is 39.0 Å². The monoisotopic (exact) mass is 211 g/mol. The smallest absolute Gasteiger partial charge is 0.312 e. The number of carbonyl (C=O) groups excluding carboxylic acids is 1. The summed E-state index contributed by atoms with van der Waals surface area (Å²) in [5.74, 6) is -0.115. The van der Waals surface area contributed by atoms with Crippen LogP contribution in [0.25, 0.3) is 10.4 Å². The topological polar surface area (TPSA) is 75.1 Å². The van der Waals surface area contributed by atoms with E-state index in [0.717, 1.165) is 25.7 Å². The van der Waals surface area contributed by atoms with Crippen LogP contribution in [0, 0.1) is 5.41 Å². The van der Waals surface area contributed by atoms with Crippen molar-refractivity contribution in [2.24, 2.45) is 10.5 Å². The average molecular weight is 211 g/mol. The molecule has 5 nitrogen and oxygen atoms in total. The lowest BCUT2D eigenvalue weighted by Gasteiger charge is -2.25. The van der Waals surface area contributed by atoms with Gasteiger partial charge in [-0.2, -0.15) is 0 Å². The van der Waals surface area contributed by atoms with Crippen molar-refractivity contribution in [3.8, 4) is 0 Å². The van der Waals surface area contributed by atoms with Crippen LogP contribution in [0.15, 0.2) is 5.11 Å². The molecule has 0 spiro atoms. The van der Waals surface area contributed by atoms with Crippen LogP contribution in [0.4, 0.5) is 0 Å². The molecule has 1 rings (SSSR count). The van der Waals surface area contributed by atoms with Crippen molar-refractivity contribution in [2.75, 3.05) is 13.2 Å². The Morgan fingerprint density at radius 3 is 2.73 bits per heavy atom. The molecule has 0 atom stereocenters. The zero-order valence-electron chi connectivity index (χ0n) is 9.11. The molecule has 1 aliphatic carbocycles. The van der Waals surface area contributed by atoms with E-state index in [1.165, 1.54) is 0 Å². The van der Waals surface area contributed by atoms with Crippen molar-refractivity contribution in [1.82, 2.24) is 0 Å². The van der Waals surface area contributed by atoms with Crippen molar-refractivity contribution in [1.29, 1.82) is 0 Å². The lowest BCUT2D eigenvalue weighted by Crippen LogP contribution is -2.31. The lowest BCUT2D eigenvalue weighted by atomic mass is 9.83. The highest BCUT2D eigenvalue weighted by Crippen LogP contribution is 2.42. The summed E-state index contributed by atoms with van der Waals surface area (Å²) in [5, 5.41) is 3.50. The largest absolute Gasteiger partial charge is 0.466 e. The molecule has 0 aromatic heterocycles. The lowest BCUT2D eigenvalue weighted by molar-refractivity contribution is -0.155. The summed E-state index contributed by atoms with van der Waals surface area (Å²) in [4.78, 5) is 14.5. The molecule has 0 aliphatic heterocycles. The van der Waals surface area contributed by atoms with Crippen molar-refractivity contribution in [3.05, 3.63) is 10.4 Å². The molecule has 5 heteroatoms. The molecular weight excluding hydrogens is 194 g/mol. The van der Waals surface area contributed by atoms with E-state index < -0.39 is 0 Å². The SMILES string of the molecule is CCOC(=O)C1(CCN=[N+]=[N-])CCCC1. The Labute approximate surface area is 89.4 Å². The minimum atomic E-state index is -0.371. The highest BCUT2D eigenvalue weighted by Gasteiger charge is 2.41. The van der Waals surface area contributed by atoms with Crippen molar-refractivity contribution < 1.29 is 9.53 Å². The fourth-order valence-electron chi connectivity index (χ4n) is 2.20. The Morgan fingerprint density at radius 2 is 2.20 bits per heavy atom. The minimum absolute atomic E-state index is 0.115. The van der Waals surface area contributed by atoms with Gasteiger partial charge in [-0.05, 0) is 31.7 Å². The molecule has 1 fully saturated rings. The van der Waals surface area contributed by atoms with E-state index in [0.29, 0.717) is 19.6 Å². The van der Waals surface area contributed by atoms with Gasteiger partial charge in [-0.1, -0.05) is 18.0 Å².